The molecular formula is C16H26N4OS. The summed E-state index contributed by atoms with van der Waals surface area (Å²) in [6.45, 7) is 2.76. The summed E-state index contributed by atoms with van der Waals surface area (Å²) in [4.78, 5) is 20.1. The van der Waals surface area contributed by atoms with Crippen molar-refractivity contribution >= 4 is 22.5 Å². The normalized spacial score (nSPS) is 19.7. The van der Waals surface area contributed by atoms with Gasteiger partial charge in [0.1, 0.15) is 0 Å². The van der Waals surface area contributed by atoms with E-state index < -0.39 is 0 Å². The van der Waals surface area contributed by atoms with Gasteiger partial charge in [0, 0.05) is 30.9 Å². The van der Waals surface area contributed by atoms with Crippen molar-refractivity contribution in [2.75, 3.05) is 25.5 Å². The summed E-state index contributed by atoms with van der Waals surface area (Å²) in [5.41, 5.74) is 1.15. The summed E-state index contributed by atoms with van der Waals surface area (Å²) < 4.78 is 0. The Morgan fingerprint density at radius 2 is 2.18 bits per heavy atom. The number of carbonyl (C=O) groups excluding carboxylic acids is 1. The van der Waals surface area contributed by atoms with Crippen LogP contribution >= 0.6 is 11.3 Å². The standard InChI is InChI=1S/C16H26N4OS/c1-20-10-8-13-14(11-20)22-16(18-13)19-15(21)17-9-7-12-5-3-2-4-6-12/h12H,2-11H2,1H3,(H2,17,18,19,21). The molecule has 2 N–H and O–H groups in total. The third-order valence-corrected chi connectivity index (χ3v) is 5.70. The SMILES string of the molecule is CN1CCc2nc(NC(=O)NCCC3CCCCC3)sc2C1. The van der Waals surface area contributed by atoms with Crippen molar-refractivity contribution in [3.63, 3.8) is 0 Å². The van der Waals surface area contributed by atoms with E-state index in [2.05, 4.69) is 27.6 Å². The molecule has 2 amide bonds. The summed E-state index contributed by atoms with van der Waals surface area (Å²) in [7, 11) is 2.12. The minimum atomic E-state index is -0.115. The molecule has 6 heteroatoms. The molecule has 22 heavy (non-hydrogen) atoms. The van der Waals surface area contributed by atoms with Gasteiger partial charge < -0.3 is 10.2 Å². The van der Waals surface area contributed by atoms with Gasteiger partial charge in [0.05, 0.1) is 5.69 Å². The zero-order chi connectivity index (χ0) is 15.4. The number of hydrogen-bond acceptors (Lipinski definition) is 4. The predicted octanol–water partition coefficient (Wildman–Crippen LogP) is 3.22. The number of aromatic nitrogens is 1. The Bertz CT molecular complexity index is 510. The molecule has 0 saturated heterocycles. The maximum Gasteiger partial charge on any atom is 0.321 e. The highest BCUT2D eigenvalue weighted by molar-refractivity contribution is 7.15. The van der Waals surface area contributed by atoms with Crippen LogP contribution in [0.4, 0.5) is 9.93 Å². The lowest BCUT2D eigenvalue weighted by Gasteiger charge is -2.21. The first-order chi connectivity index (χ1) is 10.7. The molecule has 1 aliphatic heterocycles. The van der Waals surface area contributed by atoms with E-state index in [0.29, 0.717) is 0 Å². The van der Waals surface area contributed by atoms with Crippen LogP contribution in [-0.2, 0) is 13.0 Å². The van der Waals surface area contributed by atoms with Crippen molar-refractivity contribution < 1.29 is 4.79 Å². The number of anilines is 1. The average molecular weight is 322 g/mol. The fraction of sp³-hybridized carbons (Fsp3) is 0.750. The lowest BCUT2D eigenvalue weighted by atomic mass is 9.87. The number of hydrogen-bond donors (Lipinski definition) is 2. The molecule has 5 nitrogen and oxygen atoms in total. The summed E-state index contributed by atoms with van der Waals surface area (Å²) >= 11 is 1.60. The van der Waals surface area contributed by atoms with E-state index >= 15 is 0 Å². The Hall–Kier alpha value is -1.14. The van der Waals surface area contributed by atoms with E-state index in [1.165, 1.54) is 37.0 Å². The van der Waals surface area contributed by atoms with Gasteiger partial charge in [-0.3, -0.25) is 5.32 Å². The molecule has 0 atom stereocenters. The molecule has 2 aliphatic rings. The monoisotopic (exact) mass is 322 g/mol. The molecule has 0 unspecified atom stereocenters. The summed E-state index contributed by atoms with van der Waals surface area (Å²) in [5, 5.41) is 6.60. The van der Waals surface area contributed by atoms with Crippen LogP contribution in [0, 0.1) is 5.92 Å². The highest BCUT2D eigenvalue weighted by Crippen LogP contribution is 2.28. The van der Waals surface area contributed by atoms with Crippen molar-refractivity contribution in [3.8, 4) is 0 Å². The minimum absolute atomic E-state index is 0.115. The Morgan fingerprint density at radius 1 is 1.36 bits per heavy atom. The average Bonchev–Trinajstić information content (AvgIpc) is 2.89. The fourth-order valence-corrected chi connectivity index (χ4v) is 4.47. The molecule has 0 bridgehead atoms. The van der Waals surface area contributed by atoms with Gasteiger partial charge in [0.15, 0.2) is 5.13 Å². The maximum absolute atomic E-state index is 12.0. The second kappa shape index (κ2) is 7.42. The first-order valence-electron chi connectivity index (χ1n) is 8.42. The first kappa shape index (κ1) is 15.7. The topological polar surface area (TPSA) is 57.3 Å². The number of fused-ring (bicyclic) bond motifs is 1. The number of amides is 2. The molecular weight excluding hydrogens is 296 g/mol. The molecule has 0 spiro atoms. The van der Waals surface area contributed by atoms with E-state index in [1.807, 2.05) is 0 Å². The highest BCUT2D eigenvalue weighted by Gasteiger charge is 2.19. The van der Waals surface area contributed by atoms with E-state index in [4.69, 9.17) is 0 Å². The fourth-order valence-electron chi connectivity index (χ4n) is 3.38. The number of thiazole rings is 1. The third kappa shape index (κ3) is 4.20. The van der Waals surface area contributed by atoms with E-state index in [9.17, 15) is 4.79 Å². The van der Waals surface area contributed by atoms with Crippen LogP contribution in [0.5, 0.6) is 0 Å². The van der Waals surface area contributed by atoms with Crippen molar-refractivity contribution in [1.82, 2.24) is 15.2 Å². The Labute approximate surface area is 136 Å². The summed E-state index contributed by atoms with van der Waals surface area (Å²) in [6.07, 6.45) is 8.84. The number of likely N-dealkylation sites (N-methyl/N-ethyl adjacent to an activating group) is 1. The Kier molecular flexibility index (Phi) is 5.31. The molecule has 1 fully saturated rings. The minimum Gasteiger partial charge on any atom is -0.338 e. The zero-order valence-electron chi connectivity index (χ0n) is 13.4. The number of nitrogens with one attached hydrogen (secondary N) is 2. The van der Waals surface area contributed by atoms with Crippen LogP contribution < -0.4 is 10.6 Å². The third-order valence-electron chi connectivity index (χ3n) is 4.71. The summed E-state index contributed by atoms with van der Waals surface area (Å²) in [6, 6.07) is -0.115. The number of nitrogens with zero attached hydrogens (tertiary/aromatic N) is 2. The maximum atomic E-state index is 12.0. The van der Waals surface area contributed by atoms with Crippen molar-refractivity contribution in [2.24, 2.45) is 5.92 Å². The molecule has 1 saturated carbocycles. The lowest BCUT2D eigenvalue weighted by Crippen LogP contribution is -2.30. The number of carbonyl (C=O) groups is 1. The second-order valence-electron chi connectivity index (χ2n) is 6.55. The first-order valence-corrected chi connectivity index (χ1v) is 9.24. The number of urea groups is 1. The van der Waals surface area contributed by atoms with Crippen LogP contribution in [0.3, 0.4) is 0 Å². The second-order valence-corrected chi connectivity index (χ2v) is 7.63. The molecule has 122 valence electrons. The lowest BCUT2D eigenvalue weighted by molar-refractivity contribution is 0.250. The molecule has 1 aromatic heterocycles. The van der Waals surface area contributed by atoms with Gasteiger partial charge in [-0.05, 0) is 19.4 Å². The largest absolute Gasteiger partial charge is 0.338 e. The molecule has 0 radical (unpaired) electrons. The van der Waals surface area contributed by atoms with Crippen LogP contribution in [0.25, 0.3) is 0 Å². The quantitative estimate of drug-likeness (QED) is 0.895. The molecule has 1 aromatic rings. The molecule has 2 heterocycles. The Balaban J connectivity index is 1.42. The molecule has 0 aromatic carbocycles. The predicted molar refractivity (Wildman–Crippen MR) is 90.4 cm³/mol. The molecule has 3 rings (SSSR count). The smallest absolute Gasteiger partial charge is 0.321 e. The van der Waals surface area contributed by atoms with Gasteiger partial charge in [-0.15, -0.1) is 11.3 Å². The Morgan fingerprint density at radius 3 is 3.00 bits per heavy atom. The van der Waals surface area contributed by atoms with Crippen LogP contribution in [0.1, 0.15) is 49.1 Å². The van der Waals surface area contributed by atoms with Crippen molar-refractivity contribution in [1.29, 1.82) is 0 Å². The van der Waals surface area contributed by atoms with E-state index in [-0.39, 0.29) is 6.03 Å². The van der Waals surface area contributed by atoms with Gasteiger partial charge in [0.2, 0.25) is 0 Å². The number of rotatable bonds is 4. The van der Waals surface area contributed by atoms with Gasteiger partial charge in [-0.2, -0.15) is 0 Å². The van der Waals surface area contributed by atoms with Crippen molar-refractivity contribution in [3.05, 3.63) is 10.6 Å². The molecule has 1 aliphatic carbocycles. The van der Waals surface area contributed by atoms with Crippen LogP contribution in [-0.4, -0.2) is 36.1 Å². The van der Waals surface area contributed by atoms with Crippen molar-refractivity contribution in [2.45, 2.75) is 51.5 Å². The van der Waals surface area contributed by atoms with Crippen LogP contribution in [0.2, 0.25) is 0 Å². The van der Waals surface area contributed by atoms with Gasteiger partial charge in [-0.25, -0.2) is 9.78 Å². The van der Waals surface area contributed by atoms with Crippen LogP contribution in [0.15, 0.2) is 0 Å². The summed E-state index contributed by atoms with van der Waals surface area (Å²) in [5.74, 6) is 0.803. The van der Waals surface area contributed by atoms with E-state index in [1.54, 1.807) is 11.3 Å². The van der Waals surface area contributed by atoms with Gasteiger partial charge >= 0.3 is 6.03 Å². The van der Waals surface area contributed by atoms with Gasteiger partial charge in [0.25, 0.3) is 0 Å². The van der Waals surface area contributed by atoms with Gasteiger partial charge in [-0.1, -0.05) is 32.1 Å². The zero-order valence-corrected chi connectivity index (χ0v) is 14.2. The highest BCUT2D eigenvalue weighted by atomic mass is 32.1. The van der Waals surface area contributed by atoms with E-state index in [0.717, 1.165) is 49.2 Å².